The second kappa shape index (κ2) is 8.48. The molecular weight excluding hydrogens is 411 g/mol. The molecule has 1 saturated carbocycles. The lowest BCUT2D eigenvalue weighted by atomic mass is 9.77. The SMILES string of the molecule is CC[C@H]1CC[C@H](c2ccc3c(F)c(-c4ccc(OC(F)(F)F)c(F)c4)ccc3c2)CC1. The predicted octanol–water partition coefficient (Wildman–Crippen LogP) is 8.37. The van der Waals surface area contributed by atoms with Gasteiger partial charge in [0.25, 0.3) is 0 Å². The zero-order valence-corrected chi connectivity index (χ0v) is 17.1. The zero-order valence-electron chi connectivity index (χ0n) is 17.1. The fraction of sp³-hybridized carbons (Fsp3) is 0.360. The van der Waals surface area contributed by atoms with Gasteiger partial charge in [0.1, 0.15) is 5.82 Å². The first-order valence-electron chi connectivity index (χ1n) is 10.5. The summed E-state index contributed by atoms with van der Waals surface area (Å²) >= 11 is 0. The molecule has 0 bridgehead atoms. The molecule has 1 nitrogen and oxygen atoms in total. The van der Waals surface area contributed by atoms with Crippen LogP contribution in [-0.4, -0.2) is 6.36 Å². The fourth-order valence-electron chi connectivity index (χ4n) is 4.57. The Labute approximate surface area is 177 Å². The Morgan fingerprint density at radius 3 is 2.29 bits per heavy atom. The van der Waals surface area contributed by atoms with E-state index in [-0.39, 0.29) is 11.1 Å². The van der Waals surface area contributed by atoms with Gasteiger partial charge in [-0.15, -0.1) is 13.2 Å². The largest absolute Gasteiger partial charge is 0.573 e. The molecule has 0 saturated heterocycles. The van der Waals surface area contributed by atoms with Crippen LogP contribution in [0.2, 0.25) is 0 Å². The van der Waals surface area contributed by atoms with Gasteiger partial charge < -0.3 is 4.74 Å². The molecule has 4 rings (SSSR count). The van der Waals surface area contributed by atoms with E-state index in [0.717, 1.165) is 36.3 Å². The van der Waals surface area contributed by atoms with Crippen LogP contribution in [0, 0.1) is 17.6 Å². The van der Waals surface area contributed by atoms with Crippen LogP contribution in [-0.2, 0) is 0 Å². The van der Waals surface area contributed by atoms with Crippen molar-refractivity contribution >= 4 is 10.8 Å². The van der Waals surface area contributed by atoms with Gasteiger partial charge in [-0.25, -0.2) is 8.78 Å². The van der Waals surface area contributed by atoms with Gasteiger partial charge in [0.15, 0.2) is 11.6 Å². The van der Waals surface area contributed by atoms with Crippen LogP contribution in [0.3, 0.4) is 0 Å². The van der Waals surface area contributed by atoms with E-state index in [1.165, 1.54) is 37.0 Å². The first-order chi connectivity index (χ1) is 14.7. The molecule has 1 aliphatic carbocycles. The zero-order chi connectivity index (χ0) is 22.2. The van der Waals surface area contributed by atoms with E-state index in [9.17, 15) is 17.6 Å². The van der Waals surface area contributed by atoms with Gasteiger partial charge in [-0.2, -0.15) is 0 Å². The average molecular weight is 434 g/mol. The van der Waals surface area contributed by atoms with Crippen molar-refractivity contribution in [3.05, 3.63) is 65.7 Å². The molecule has 164 valence electrons. The van der Waals surface area contributed by atoms with Gasteiger partial charge in [-0.3, -0.25) is 0 Å². The highest BCUT2D eigenvalue weighted by molar-refractivity contribution is 5.89. The van der Waals surface area contributed by atoms with E-state index in [4.69, 9.17) is 0 Å². The maximum Gasteiger partial charge on any atom is 0.573 e. The number of halogens is 5. The lowest BCUT2D eigenvalue weighted by Gasteiger charge is -2.28. The molecule has 0 spiro atoms. The predicted molar refractivity (Wildman–Crippen MR) is 111 cm³/mol. The molecular formula is C25H23F5O. The third-order valence-corrected chi connectivity index (χ3v) is 6.34. The first-order valence-corrected chi connectivity index (χ1v) is 10.5. The summed E-state index contributed by atoms with van der Waals surface area (Å²) in [5.41, 5.74) is 1.48. The van der Waals surface area contributed by atoms with Crippen LogP contribution in [0.15, 0.2) is 48.5 Å². The summed E-state index contributed by atoms with van der Waals surface area (Å²) < 4.78 is 69.9. The number of hydrogen-bond acceptors (Lipinski definition) is 1. The lowest BCUT2D eigenvalue weighted by molar-refractivity contribution is -0.275. The van der Waals surface area contributed by atoms with E-state index in [1.807, 2.05) is 12.1 Å². The highest BCUT2D eigenvalue weighted by atomic mass is 19.4. The molecule has 0 amide bonds. The normalized spacial score (nSPS) is 19.5. The van der Waals surface area contributed by atoms with E-state index in [0.29, 0.717) is 11.3 Å². The van der Waals surface area contributed by atoms with Crippen molar-refractivity contribution in [2.24, 2.45) is 5.92 Å². The summed E-state index contributed by atoms with van der Waals surface area (Å²) in [4.78, 5) is 0. The summed E-state index contributed by atoms with van der Waals surface area (Å²) in [5.74, 6) is -1.40. The van der Waals surface area contributed by atoms with Crippen molar-refractivity contribution in [2.45, 2.75) is 51.3 Å². The van der Waals surface area contributed by atoms with Crippen molar-refractivity contribution in [3.8, 4) is 16.9 Å². The maximum atomic E-state index is 15.2. The van der Waals surface area contributed by atoms with Crippen LogP contribution in [0.25, 0.3) is 21.9 Å². The van der Waals surface area contributed by atoms with Crippen molar-refractivity contribution in [1.82, 2.24) is 0 Å². The van der Waals surface area contributed by atoms with Gasteiger partial charge >= 0.3 is 6.36 Å². The van der Waals surface area contributed by atoms with Crippen LogP contribution in [0.5, 0.6) is 5.75 Å². The molecule has 1 fully saturated rings. The van der Waals surface area contributed by atoms with Crippen LogP contribution in [0.4, 0.5) is 22.0 Å². The van der Waals surface area contributed by atoms with Crippen molar-refractivity contribution in [1.29, 1.82) is 0 Å². The molecule has 1 aliphatic rings. The number of hydrogen-bond donors (Lipinski definition) is 0. The molecule has 0 aromatic heterocycles. The van der Waals surface area contributed by atoms with Crippen molar-refractivity contribution < 1.29 is 26.7 Å². The van der Waals surface area contributed by atoms with Gasteiger partial charge in [0.2, 0.25) is 0 Å². The standard InChI is InChI=1S/C25H23F5O/c1-2-15-3-5-16(6-4-15)17-7-10-20-18(13-17)8-11-21(24(20)27)19-9-12-23(22(26)14-19)31-25(28,29)30/h7-16H,2-6H2,1H3/t15-,16-. The van der Waals surface area contributed by atoms with Crippen LogP contribution >= 0.6 is 0 Å². The molecule has 0 unspecified atom stereocenters. The Morgan fingerprint density at radius 1 is 0.903 bits per heavy atom. The Balaban J connectivity index is 1.62. The number of rotatable bonds is 4. The molecule has 0 aliphatic heterocycles. The minimum atomic E-state index is -5.00. The van der Waals surface area contributed by atoms with E-state index >= 15 is 4.39 Å². The monoisotopic (exact) mass is 434 g/mol. The van der Waals surface area contributed by atoms with Gasteiger partial charge in [-0.1, -0.05) is 49.7 Å². The lowest BCUT2D eigenvalue weighted by Crippen LogP contribution is -2.17. The second-order valence-electron chi connectivity index (χ2n) is 8.23. The minimum Gasteiger partial charge on any atom is -0.403 e. The molecule has 0 N–H and O–H groups in total. The average Bonchev–Trinajstić information content (AvgIpc) is 2.74. The smallest absolute Gasteiger partial charge is 0.403 e. The van der Waals surface area contributed by atoms with Gasteiger partial charge in [-0.05, 0) is 66.2 Å². The molecule has 3 aromatic rings. The molecule has 6 heteroatoms. The van der Waals surface area contributed by atoms with Gasteiger partial charge in [0.05, 0.1) is 0 Å². The Morgan fingerprint density at radius 2 is 1.65 bits per heavy atom. The Bertz CT molecular complexity index is 1080. The van der Waals surface area contributed by atoms with Crippen molar-refractivity contribution in [3.63, 3.8) is 0 Å². The fourth-order valence-corrected chi connectivity index (χ4v) is 4.57. The number of fused-ring (bicyclic) bond motifs is 1. The molecule has 0 radical (unpaired) electrons. The van der Waals surface area contributed by atoms with E-state index in [2.05, 4.69) is 11.7 Å². The van der Waals surface area contributed by atoms with E-state index in [1.54, 1.807) is 12.1 Å². The summed E-state index contributed by atoms with van der Waals surface area (Å²) in [6.45, 7) is 2.23. The van der Waals surface area contributed by atoms with E-state index < -0.39 is 23.7 Å². The Hall–Kier alpha value is -2.63. The quantitative estimate of drug-likeness (QED) is 0.375. The summed E-state index contributed by atoms with van der Waals surface area (Å²) in [5, 5.41) is 1.16. The summed E-state index contributed by atoms with van der Waals surface area (Å²) in [6, 6.07) is 11.9. The van der Waals surface area contributed by atoms with Crippen LogP contribution < -0.4 is 4.74 Å². The third-order valence-electron chi connectivity index (χ3n) is 6.34. The molecule has 0 heterocycles. The molecule has 31 heavy (non-hydrogen) atoms. The Kier molecular flexibility index (Phi) is 5.91. The molecule has 0 atom stereocenters. The summed E-state index contributed by atoms with van der Waals surface area (Å²) in [6.07, 6.45) is 0.914. The third kappa shape index (κ3) is 4.68. The minimum absolute atomic E-state index is 0.126. The first kappa shape index (κ1) is 21.6. The number of ether oxygens (including phenoxy) is 1. The highest BCUT2D eigenvalue weighted by Gasteiger charge is 2.32. The summed E-state index contributed by atoms with van der Waals surface area (Å²) in [7, 11) is 0. The topological polar surface area (TPSA) is 9.23 Å². The second-order valence-corrected chi connectivity index (χ2v) is 8.23. The van der Waals surface area contributed by atoms with Crippen LogP contribution in [0.1, 0.15) is 50.5 Å². The van der Waals surface area contributed by atoms with Crippen molar-refractivity contribution in [2.75, 3.05) is 0 Å². The highest BCUT2D eigenvalue weighted by Crippen LogP contribution is 2.39. The maximum absolute atomic E-state index is 15.2. The van der Waals surface area contributed by atoms with Gasteiger partial charge in [0, 0.05) is 10.9 Å². The number of alkyl halides is 3. The number of benzene rings is 3. The molecule has 3 aromatic carbocycles.